The predicted octanol–water partition coefficient (Wildman–Crippen LogP) is 1.25. The van der Waals surface area contributed by atoms with Crippen LogP contribution in [-0.4, -0.2) is 15.6 Å². The van der Waals surface area contributed by atoms with E-state index in [1.165, 1.54) is 12.1 Å². The molecule has 0 saturated heterocycles. The van der Waals surface area contributed by atoms with Crippen molar-refractivity contribution >= 4 is 5.97 Å². The van der Waals surface area contributed by atoms with Gasteiger partial charge in [-0.1, -0.05) is 5.75 Å². The molecule has 4 nitrogen and oxygen atoms in total. The van der Waals surface area contributed by atoms with Crippen LogP contribution in [0.5, 0.6) is 5.75 Å². The van der Waals surface area contributed by atoms with Gasteiger partial charge in [-0.15, -0.1) is 0 Å². The van der Waals surface area contributed by atoms with Crippen LogP contribution in [0.4, 0.5) is 0 Å². The third kappa shape index (κ3) is 1.69. The number of benzene rings is 1. The van der Waals surface area contributed by atoms with E-state index in [9.17, 15) is 9.90 Å². The fraction of sp³-hybridized carbons (Fsp3) is 0. The summed E-state index contributed by atoms with van der Waals surface area (Å²) in [5.41, 5.74) is 0.459. The van der Waals surface area contributed by atoms with Crippen LogP contribution in [0.15, 0.2) is 42.7 Å². The van der Waals surface area contributed by atoms with Crippen LogP contribution in [0.1, 0.15) is 10.4 Å². The van der Waals surface area contributed by atoms with Crippen LogP contribution in [-0.2, 0) is 0 Å². The maximum absolute atomic E-state index is 11.4. The second-order valence-electron chi connectivity index (χ2n) is 3.08. The first-order valence-electron chi connectivity index (χ1n) is 4.36. The van der Waals surface area contributed by atoms with E-state index in [2.05, 4.69) is 0 Å². The van der Waals surface area contributed by atoms with Crippen LogP contribution in [0.2, 0.25) is 0 Å². The van der Waals surface area contributed by atoms with Crippen molar-refractivity contribution in [1.29, 1.82) is 0 Å². The van der Waals surface area contributed by atoms with E-state index in [0.717, 1.165) is 0 Å². The lowest BCUT2D eigenvalue weighted by molar-refractivity contribution is -0.268. The van der Waals surface area contributed by atoms with Gasteiger partial charge in [0.1, 0.15) is 0 Å². The van der Waals surface area contributed by atoms with Gasteiger partial charge in [0, 0.05) is 18.1 Å². The molecule has 2 aromatic rings. The second-order valence-corrected chi connectivity index (χ2v) is 3.08. The van der Waals surface area contributed by atoms with Gasteiger partial charge >= 0.3 is 5.97 Å². The highest BCUT2D eigenvalue weighted by Gasteiger charge is 2.04. The molecule has 1 aromatic carbocycles. The van der Waals surface area contributed by atoms with E-state index in [1.807, 2.05) is 12.1 Å². The number of carboxylic acids is 1. The Bertz CT molecular complexity index is 489. The minimum absolute atomic E-state index is 0.203. The maximum Gasteiger partial charge on any atom is 0.335 e. The minimum Gasteiger partial charge on any atom is -0.872 e. The first kappa shape index (κ1) is 9.33. The third-order valence-corrected chi connectivity index (χ3v) is 2.10. The quantitative estimate of drug-likeness (QED) is 0.796. The molecule has 1 N–H and O–H groups in total. The van der Waals surface area contributed by atoms with Crippen LogP contribution in [0.3, 0.4) is 0 Å². The van der Waals surface area contributed by atoms with Gasteiger partial charge in [0.05, 0.1) is 5.56 Å². The monoisotopic (exact) mass is 202 g/mol. The Kier molecular flexibility index (Phi) is 2.17. The average molecular weight is 202 g/mol. The summed E-state index contributed by atoms with van der Waals surface area (Å²) in [5, 5.41) is 20.1. The van der Waals surface area contributed by atoms with E-state index in [4.69, 9.17) is 5.11 Å². The minimum atomic E-state index is -1.20. The predicted molar refractivity (Wildman–Crippen MR) is 52.2 cm³/mol. The van der Waals surface area contributed by atoms with Gasteiger partial charge in [-0.3, -0.25) is 0 Å². The van der Waals surface area contributed by atoms with Gasteiger partial charge in [-0.2, -0.15) is 0 Å². The Labute approximate surface area is 86.0 Å². The summed E-state index contributed by atoms with van der Waals surface area (Å²) >= 11 is 0. The lowest BCUT2D eigenvalue weighted by Crippen LogP contribution is -2.04. The van der Waals surface area contributed by atoms with Crippen molar-refractivity contribution in [1.82, 2.24) is 4.57 Å². The number of aromatic nitrogens is 1. The van der Waals surface area contributed by atoms with Crippen molar-refractivity contribution < 1.29 is 15.0 Å². The van der Waals surface area contributed by atoms with Gasteiger partial charge < -0.3 is 14.8 Å². The molecule has 15 heavy (non-hydrogen) atoms. The highest BCUT2D eigenvalue weighted by molar-refractivity contribution is 5.90. The number of hydrogen-bond donors (Lipinski definition) is 1. The smallest absolute Gasteiger partial charge is 0.335 e. The van der Waals surface area contributed by atoms with Crippen molar-refractivity contribution in [3.05, 3.63) is 48.3 Å². The van der Waals surface area contributed by atoms with E-state index < -0.39 is 11.7 Å². The number of hydrogen-bond acceptors (Lipinski definition) is 2. The van der Waals surface area contributed by atoms with Crippen LogP contribution in [0.25, 0.3) is 5.69 Å². The lowest BCUT2D eigenvalue weighted by atomic mass is 10.2. The Morgan fingerprint density at radius 3 is 2.47 bits per heavy atom. The van der Waals surface area contributed by atoms with Gasteiger partial charge in [0.15, 0.2) is 0 Å². The summed E-state index contributed by atoms with van der Waals surface area (Å²) in [6.07, 6.45) is 3.57. The molecular weight excluding hydrogens is 194 g/mol. The van der Waals surface area contributed by atoms with Crippen molar-refractivity contribution in [3.8, 4) is 11.4 Å². The Hall–Kier alpha value is -2.23. The molecule has 0 amide bonds. The molecule has 0 atom stereocenters. The molecule has 0 radical (unpaired) electrons. The number of rotatable bonds is 2. The highest BCUT2D eigenvalue weighted by Crippen LogP contribution is 2.18. The van der Waals surface area contributed by atoms with Gasteiger partial charge in [0.2, 0.25) is 0 Å². The van der Waals surface area contributed by atoms with E-state index in [0.29, 0.717) is 5.69 Å². The summed E-state index contributed by atoms with van der Waals surface area (Å²) in [4.78, 5) is 10.6. The van der Waals surface area contributed by atoms with Gasteiger partial charge in [0.25, 0.3) is 0 Å². The second kappa shape index (κ2) is 3.49. The fourth-order valence-electron chi connectivity index (χ4n) is 1.35. The summed E-state index contributed by atoms with van der Waals surface area (Å²) in [6, 6.07) is 7.89. The SMILES string of the molecule is O=C(O)c1ccc(-n2cccc2)cc1[O-]. The molecule has 4 heteroatoms. The molecular formula is C11H8NO3-. The molecule has 0 aliphatic carbocycles. The van der Waals surface area contributed by atoms with Crippen molar-refractivity contribution in [2.45, 2.75) is 0 Å². The van der Waals surface area contributed by atoms with Crippen LogP contribution >= 0.6 is 0 Å². The zero-order valence-electron chi connectivity index (χ0n) is 7.75. The van der Waals surface area contributed by atoms with E-state index in [-0.39, 0.29) is 5.56 Å². The van der Waals surface area contributed by atoms with Crippen LogP contribution in [0, 0.1) is 0 Å². The van der Waals surface area contributed by atoms with Crippen molar-refractivity contribution in [2.75, 3.05) is 0 Å². The molecule has 1 heterocycles. The van der Waals surface area contributed by atoms with Gasteiger partial charge in [-0.05, 0) is 30.3 Å². The maximum atomic E-state index is 11.4. The fourth-order valence-corrected chi connectivity index (χ4v) is 1.35. The van der Waals surface area contributed by atoms with Gasteiger partial charge in [-0.25, -0.2) is 4.79 Å². The Balaban J connectivity index is 2.47. The van der Waals surface area contributed by atoms with E-state index >= 15 is 0 Å². The molecule has 2 rings (SSSR count). The molecule has 0 unspecified atom stereocenters. The largest absolute Gasteiger partial charge is 0.872 e. The topological polar surface area (TPSA) is 65.3 Å². The summed E-state index contributed by atoms with van der Waals surface area (Å²) in [5.74, 6) is -1.67. The number of aromatic carboxylic acids is 1. The van der Waals surface area contributed by atoms with Crippen molar-refractivity contribution in [2.24, 2.45) is 0 Å². The standard InChI is InChI=1S/C11H9NO3/c13-10-7-8(12-5-1-2-6-12)3-4-9(10)11(14)15/h1-7,13H,(H,14,15)/p-1. The molecule has 1 aromatic heterocycles. The molecule has 0 bridgehead atoms. The Morgan fingerprint density at radius 1 is 1.27 bits per heavy atom. The molecule has 0 spiro atoms. The first-order valence-corrected chi connectivity index (χ1v) is 4.36. The Morgan fingerprint density at radius 2 is 1.93 bits per heavy atom. The molecule has 0 fully saturated rings. The average Bonchev–Trinajstić information content (AvgIpc) is 2.69. The summed E-state index contributed by atoms with van der Waals surface area (Å²) in [7, 11) is 0. The van der Waals surface area contributed by atoms with Crippen LogP contribution < -0.4 is 5.11 Å². The zero-order valence-corrected chi connectivity index (χ0v) is 7.75. The number of carboxylic acid groups (broad SMARTS) is 1. The third-order valence-electron chi connectivity index (χ3n) is 2.10. The van der Waals surface area contributed by atoms with Crippen molar-refractivity contribution in [3.63, 3.8) is 0 Å². The lowest BCUT2D eigenvalue weighted by Gasteiger charge is -2.12. The first-order chi connectivity index (χ1) is 7.18. The number of nitrogens with zero attached hydrogens (tertiary/aromatic N) is 1. The molecule has 0 aliphatic rings. The summed E-state index contributed by atoms with van der Waals surface area (Å²) < 4.78 is 1.74. The van der Waals surface area contributed by atoms with E-state index in [1.54, 1.807) is 23.0 Å². The highest BCUT2D eigenvalue weighted by atomic mass is 16.4. The molecule has 76 valence electrons. The summed E-state index contributed by atoms with van der Waals surface area (Å²) in [6.45, 7) is 0. The zero-order chi connectivity index (χ0) is 10.8. The normalized spacial score (nSPS) is 10.1. The molecule has 0 saturated carbocycles. The number of carbonyl (C=O) groups is 1. The molecule has 0 aliphatic heterocycles.